The van der Waals surface area contributed by atoms with Gasteiger partial charge in [0.1, 0.15) is 5.82 Å². The predicted molar refractivity (Wildman–Crippen MR) is 121 cm³/mol. The number of benzene rings is 3. The smallest absolute Gasteiger partial charge is 0.196 e. The second-order valence-corrected chi connectivity index (χ2v) is 7.71. The van der Waals surface area contributed by atoms with Gasteiger partial charge in [0, 0.05) is 16.8 Å². The van der Waals surface area contributed by atoms with Crippen molar-refractivity contribution in [2.45, 2.75) is 5.16 Å². The number of halogens is 1. The van der Waals surface area contributed by atoms with Crippen molar-refractivity contribution in [1.82, 2.24) is 14.8 Å². The minimum absolute atomic E-state index is 0.0918. The van der Waals surface area contributed by atoms with Crippen LogP contribution in [0.2, 0.25) is 0 Å². The van der Waals surface area contributed by atoms with Crippen molar-refractivity contribution in [2.24, 2.45) is 0 Å². The molecule has 0 aliphatic carbocycles. The summed E-state index contributed by atoms with van der Waals surface area (Å²) in [5.41, 5.74) is 2.07. The van der Waals surface area contributed by atoms with E-state index >= 15 is 0 Å². The van der Waals surface area contributed by atoms with Gasteiger partial charge >= 0.3 is 0 Å². The number of carbonyl (C=O) groups is 1. The van der Waals surface area contributed by atoms with Crippen molar-refractivity contribution in [3.05, 3.63) is 84.2 Å². The number of hydrogen-bond acceptors (Lipinski definition) is 6. The molecular formula is C24H20FN3O3S. The van der Waals surface area contributed by atoms with Gasteiger partial charge in [0.25, 0.3) is 0 Å². The molecule has 0 saturated heterocycles. The van der Waals surface area contributed by atoms with Gasteiger partial charge in [0.05, 0.1) is 20.0 Å². The fraction of sp³-hybridized carbons (Fsp3) is 0.125. The molecule has 0 unspecified atom stereocenters. The van der Waals surface area contributed by atoms with Gasteiger partial charge in [-0.3, -0.25) is 9.36 Å². The van der Waals surface area contributed by atoms with Gasteiger partial charge in [0.15, 0.2) is 28.3 Å². The summed E-state index contributed by atoms with van der Waals surface area (Å²) in [6.45, 7) is 0. The molecule has 0 radical (unpaired) electrons. The molecule has 1 heterocycles. The lowest BCUT2D eigenvalue weighted by Crippen LogP contribution is -2.05. The van der Waals surface area contributed by atoms with Crippen LogP contribution in [0.1, 0.15) is 10.4 Å². The van der Waals surface area contributed by atoms with Crippen LogP contribution >= 0.6 is 11.8 Å². The van der Waals surface area contributed by atoms with Gasteiger partial charge < -0.3 is 9.47 Å². The highest BCUT2D eigenvalue weighted by Crippen LogP contribution is 2.30. The standard InChI is InChI=1S/C24H20FN3O3S/c1-30-21-13-8-17(14-22(21)31-2)20(29)15-32-24-27-26-23(16-6-4-3-5-7-16)28(24)19-11-9-18(25)10-12-19/h3-14H,15H2,1-2H3. The third kappa shape index (κ3) is 4.50. The van der Waals surface area contributed by atoms with E-state index in [1.165, 1.54) is 31.0 Å². The molecule has 8 heteroatoms. The van der Waals surface area contributed by atoms with Crippen LogP contribution in [0.5, 0.6) is 11.5 Å². The van der Waals surface area contributed by atoms with Crippen molar-refractivity contribution in [3.63, 3.8) is 0 Å². The topological polar surface area (TPSA) is 66.2 Å². The Kier molecular flexibility index (Phi) is 6.51. The normalized spacial score (nSPS) is 10.7. The first kappa shape index (κ1) is 21.6. The first-order chi connectivity index (χ1) is 15.6. The molecule has 1 aromatic heterocycles. The Balaban J connectivity index is 1.63. The Bertz CT molecular complexity index is 1230. The van der Waals surface area contributed by atoms with Crippen LogP contribution in [-0.4, -0.2) is 40.5 Å². The third-order valence-corrected chi connectivity index (χ3v) is 5.72. The highest BCUT2D eigenvalue weighted by Gasteiger charge is 2.18. The summed E-state index contributed by atoms with van der Waals surface area (Å²) in [7, 11) is 3.07. The summed E-state index contributed by atoms with van der Waals surface area (Å²) >= 11 is 1.26. The lowest BCUT2D eigenvalue weighted by Gasteiger charge is -2.11. The maximum atomic E-state index is 13.5. The van der Waals surface area contributed by atoms with Crippen LogP contribution in [0, 0.1) is 5.82 Å². The molecule has 0 fully saturated rings. The Morgan fingerprint density at radius 1 is 0.938 bits per heavy atom. The summed E-state index contributed by atoms with van der Waals surface area (Å²) < 4.78 is 25.8. The van der Waals surface area contributed by atoms with Crippen molar-refractivity contribution in [2.75, 3.05) is 20.0 Å². The van der Waals surface area contributed by atoms with Crippen molar-refractivity contribution in [3.8, 4) is 28.6 Å². The highest BCUT2D eigenvalue weighted by atomic mass is 32.2. The molecule has 0 saturated carbocycles. The maximum absolute atomic E-state index is 13.5. The van der Waals surface area contributed by atoms with Crippen LogP contribution in [0.25, 0.3) is 17.1 Å². The monoisotopic (exact) mass is 449 g/mol. The van der Waals surface area contributed by atoms with E-state index < -0.39 is 0 Å². The van der Waals surface area contributed by atoms with Crippen LogP contribution in [0.15, 0.2) is 78.0 Å². The number of ether oxygens (including phenoxy) is 2. The van der Waals surface area contributed by atoms with Gasteiger partial charge in [-0.2, -0.15) is 0 Å². The quantitative estimate of drug-likeness (QED) is 0.277. The Labute approximate surface area is 189 Å². The van der Waals surface area contributed by atoms with E-state index in [1.807, 2.05) is 34.9 Å². The lowest BCUT2D eigenvalue weighted by molar-refractivity contribution is 0.102. The number of carbonyl (C=O) groups excluding carboxylic acids is 1. The SMILES string of the molecule is COc1ccc(C(=O)CSc2nnc(-c3ccccc3)n2-c2ccc(F)cc2)cc1OC. The molecule has 32 heavy (non-hydrogen) atoms. The first-order valence-electron chi connectivity index (χ1n) is 9.75. The maximum Gasteiger partial charge on any atom is 0.196 e. The van der Waals surface area contributed by atoms with E-state index in [9.17, 15) is 9.18 Å². The van der Waals surface area contributed by atoms with Gasteiger partial charge in [-0.1, -0.05) is 42.1 Å². The van der Waals surface area contributed by atoms with Crippen LogP contribution < -0.4 is 9.47 Å². The molecule has 0 aliphatic rings. The van der Waals surface area contributed by atoms with Crippen molar-refractivity contribution < 1.29 is 18.7 Å². The Hall–Kier alpha value is -3.65. The molecule has 0 aliphatic heterocycles. The Morgan fingerprint density at radius 3 is 2.34 bits per heavy atom. The minimum atomic E-state index is -0.332. The van der Waals surface area contributed by atoms with E-state index in [2.05, 4.69) is 10.2 Å². The second-order valence-electron chi connectivity index (χ2n) is 6.77. The zero-order chi connectivity index (χ0) is 22.5. The van der Waals surface area contributed by atoms with Crippen molar-refractivity contribution in [1.29, 1.82) is 0 Å². The summed E-state index contributed by atoms with van der Waals surface area (Å²) in [5, 5.41) is 9.17. The molecule has 4 aromatic rings. The molecule has 3 aromatic carbocycles. The molecule has 6 nitrogen and oxygen atoms in total. The fourth-order valence-electron chi connectivity index (χ4n) is 3.18. The Morgan fingerprint density at radius 2 is 1.66 bits per heavy atom. The van der Waals surface area contributed by atoms with Crippen LogP contribution in [0.3, 0.4) is 0 Å². The van der Waals surface area contributed by atoms with Crippen LogP contribution in [-0.2, 0) is 0 Å². The minimum Gasteiger partial charge on any atom is -0.493 e. The predicted octanol–water partition coefficient (Wildman–Crippen LogP) is 5.07. The number of rotatable bonds is 8. The molecule has 0 N–H and O–H groups in total. The molecule has 4 rings (SSSR count). The summed E-state index contributed by atoms with van der Waals surface area (Å²) in [6, 6.07) is 20.7. The molecule has 0 amide bonds. The fourth-order valence-corrected chi connectivity index (χ4v) is 4.03. The van der Waals surface area contributed by atoms with Gasteiger partial charge in [0.2, 0.25) is 0 Å². The molecule has 0 atom stereocenters. The van der Waals surface area contributed by atoms with Crippen LogP contribution in [0.4, 0.5) is 4.39 Å². The average Bonchev–Trinajstić information content (AvgIpc) is 3.27. The number of hydrogen-bond donors (Lipinski definition) is 0. The highest BCUT2D eigenvalue weighted by molar-refractivity contribution is 7.99. The number of methoxy groups -OCH3 is 2. The number of Topliss-reactive ketones (excluding diaryl/α,β-unsaturated/α-hetero) is 1. The number of thioether (sulfide) groups is 1. The van der Waals surface area contributed by atoms with E-state index in [0.29, 0.717) is 33.7 Å². The van der Waals surface area contributed by atoms with Gasteiger partial charge in [-0.25, -0.2) is 4.39 Å². The van der Waals surface area contributed by atoms with Crippen molar-refractivity contribution >= 4 is 17.5 Å². The molecule has 0 bridgehead atoms. The average molecular weight is 450 g/mol. The van der Waals surface area contributed by atoms with Gasteiger partial charge in [-0.05, 0) is 42.5 Å². The number of nitrogens with zero attached hydrogens (tertiary/aromatic N) is 3. The zero-order valence-electron chi connectivity index (χ0n) is 17.5. The number of ketones is 1. The second kappa shape index (κ2) is 9.65. The number of aromatic nitrogens is 3. The molecule has 162 valence electrons. The largest absolute Gasteiger partial charge is 0.493 e. The lowest BCUT2D eigenvalue weighted by atomic mass is 10.1. The summed E-state index contributed by atoms with van der Waals surface area (Å²) in [4.78, 5) is 12.8. The summed E-state index contributed by atoms with van der Waals surface area (Å²) in [5.74, 6) is 1.37. The zero-order valence-corrected chi connectivity index (χ0v) is 18.3. The molecule has 0 spiro atoms. The van der Waals surface area contributed by atoms with E-state index in [0.717, 1.165) is 5.56 Å². The first-order valence-corrected chi connectivity index (χ1v) is 10.7. The van der Waals surface area contributed by atoms with E-state index in [-0.39, 0.29) is 17.4 Å². The molecular weight excluding hydrogens is 429 g/mol. The third-order valence-electron chi connectivity index (χ3n) is 4.79. The van der Waals surface area contributed by atoms with E-state index in [4.69, 9.17) is 9.47 Å². The van der Waals surface area contributed by atoms with E-state index in [1.54, 1.807) is 37.4 Å². The van der Waals surface area contributed by atoms with Gasteiger partial charge in [-0.15, -0.1) is 10.2 Å². The summed E-state index contributed by atoms with van der Waals surface area (Å²) in [6.07, 6.45) is 0.